The van der Waals surface area contributed by atoms with E-state index in [1.807, 2.05) is 0 Å². The van der Waals surface area contributed by atoms with Gasteiger partial charge >= 0.3 is 0 Å². The number of nitrogens with one attached hydrogen (secondary N) is 1. The van der Waals surface area contributed by atoms with Gasteiger partial charge in [0, 0.05) is 24.7 Å². The minimum Gasteiger partial charge on any atom is -0.497 e. The summed E-state index contributed by atoms with van der Waals surface area (Å²) < 4.78 is 18.4. The molecular weight excluding hydrogens is 209 g/mol. The third kappa shape index (κ3) is 4.16. The largest absolute Gasteiger partial charge is 0.497 e. The predicted molar refractivity (Wildman–Crippen MR) is 61.0 cm³/mol. The maximum Gasteiger partial charge on any atom is 0.131 e. The maximum absolute atomic E-state index is 13.5. The molecule has 0 aliphatic heterocycles. The monoisotopic (exact) mass is 227 g/mol. The molecule has 0 saturated carbocycles. The molecule has 0 aromatic heterocycles. The fourth-order valence-corrected chi connectivity index (χ4v) is 1.30. The molecule has 16 heavy (non-hydrogen) atoms. The smallest absolute Gasteiger partial charge is 0.131 e. The fourth-order valence-electron chi connectivity index (χ4n) is 1.30. The second kappa shape index (κ2) is 5.27. The number of aliphatic hydroxyl groups is 1. The highest BCUT2D eigenvalue weighted by atomic mass is 19.1. The molecule has 3 nitrogen and oxygen atoms in total. The van der Waals surface area contributed by atoms with Gasteiger partial charge in [0.1, 0.15) is 11.6 Å². The summed E-state index contributed by atoms with van der Waals surface area (Å²) in [4.78, 5) is 0. The van der Waals surface area contributed by atoms with Crippen LogP contribution in [0.4, 0.5) is 4.39 Å². The molecule has 1 rings (SSSR count). The highest BCUT2D eigenvalue weighted by molar-refractivity contribution is 5.28. The molecule has 0 saturated heterocycles. The van der Waals surface area contributed by atoms with Crippen LogP contribution in [0.2, 0.25) is 0 Å². The molecule has 0 unspecified atom stereocenters. The van der Waals surface area contributed by atoms with E-state index in [-0.39, 0.29) is 5.82 Å². The van der Waals surface area contributed by atoms with Crippen molar-refractivity contribution in [1.82, 2.24) is 5.32 Å². The summed E-state index contributed by atoms with van der Waals surface area (Å²) in [7, 11) is 1.50. The summed E-state index contributed by atoms with van der Waals surface area (Å²) in [5.41, 5.74) is -0.229. The van der Waals surface area contributed by atoms with Crippen molar-refractivity contribution in [3.8, 4) is 5.75 Å². The number of benzene rings is 1. The van der Waals surface area contributed by atoms with Crippen LogP contribution >= 0.6 is 0 Å². The quantitative estimate of drug-likeness (QED) is 0.804. The average Bonchev–Trinajstić information content (AvgIpc) is 2.18. The standard InChI is InChI=1S/C12H18FNO2/c1-12(2,15)8-14-7-9-4-5-10(16-3)6-11(9)13/h4-6,14-15H,7-8H2,1-3H3. The van der Waals surface area contributed by atoms with Crippen LogP contribution in [-0.2, 0) is 6.54 Å². The summed E-state index contributed by atoms with van der Waals surface area (Å²) in [5, 5.41) is 12.5. The zero-order valence-corrected chi connectivity index (χ0v) is 9.88. The first kappa shape index (κ1) is 12.9. The Morgan fingerprint density at radius 1 is 1.44 bits per heavy atom. The van der Waals surface area contributed by atoms with Gasteiger partial charge in [0.15, 0.2) is 0 Å². The first-order chi connectivity index (χ1) is 7.42. The lowest BCUT2D eigenvalue weighted by Crippen LogP contribution is -2.34. The van der Waals surface area contributed by atoms with Crippen molar-refractivity contribution in [3.63, 3.8) is 0 Å². The van der Waals surface area contributed by atoms with Crippen LogP contribution in [0.15, 0.2) is 18.2 Å². The van der Waals surface area contributed by atoms with E-state index in [0.717, 1.165) is 0 Å². The SMILES string of the molecule is COc1ccc(CNCC(C)(C)O)c(F)c1. The van der Waals surface area contributed by atoms with Crippen LogP contribution in [0.3, 0.4) is 0 Å². The zero-order valence-electron chi connectivity index (χ0n) is 9.88. The second-order valence-corrected chi connectivity index (χ2v) is 4.37. The Morgan fingerprint density at radius 2 is 2.12 bits per heavy atom. The van der Waals surface area contributed by atoms with E-state index in [1.54, 1.807) is 26.0 Å². The summed E-state index contributed by atoms with van der Waals surface area (Å²) in [6, 6.07) is 4.73. The summed E-state index contributed by atoms with van der Waals surface area (Å²) >= 11 is 0. The van der Waals surface area contributed by atoms with Crippen LogP contribution in [0.25, 0.3) is 0 Å². The van der Waals surface area contributed by atoms with Gasteiger partial charge in [0.2, 0.25) is 0 Å². The van der Waals surface area contributed by atoms with E-state index >= 15 is 0 Å². The average molecular weight is 227 g/mol. The van der Waals surface area contributed by atoms with E-state index in [1.165, 1.54) is 13.2 Å². The molecule has 0 aliphatic rings. The van der Waals surface area contributed by atoms with Gasteiger partial charge in [0.05, 0.1) is 12.7 Å². The molecule has 1 aromatic rings. The van der Waals surface area contributed by atoms with E-state index in [2.05, 4.69) is 5.32 Å². The third-order valence-electron chi connectivity index (χ3n) is 2.13. The van der Waals surface area contributed by atoms with Gasteiger partial charge in [0.25, 0.3) is 0 Å². The van der Waals surface area contributed by atoms with Gasteiger partial charge in [-0.15, -0.1) is 0 Å². The molecule has 1 aromatic carbocycles. The summed E-state index contributed by atoms with van der Waals surface area (Å²) in [6.07, 6.45) is 0. The molecule has 0 spiro atoms. The van der Waals surface area contributed by atoms with Crippen molar-refractivity contribution >= 4 is 0 Å². The van der Waals surface area contributed by atoms with Crippen molar-refractivity contribution in [2.45, 2.75) is 26.0 Å². The molecule has 0 aliphatic carbocycles. The Kier molecular flexibility index (Phi) is 4.26. The Hall–Kier alpha value is -1.13. The molecule has 0 atom stereocenters. The minimum atomic E-state index is -0.789. The van der Waals surface area contributed by atoms with Crippen molar-refractivity contribution in [2.24, 2.45) is 0 Å². The molecule has 4 heteroatoms. The second-order valence-electron chi connectivity index (χ2n) is 4.37. The van der Waals surface area contributed by atoms with Gasteiger partial charge in [-0.25, -0.2) is 4.39 Å². The lowest BCUT2D eigenvalue weighted by Gasteiger charge is -2.17. The highest BCUT2D eigenvalue weighted by Gasteiger charge is 2.12. The molecule has 0 fully saturated rings. The number of halogens is 1. The molecule has 0 heterocycles. The Labute approximate surface area is 95.2 Å². The number of hydrogen-bond acceptors (Lipinski definition) is 3. The van der Waals surface area contributed by atoms with Gasteiger partial charge < -0.3 is 15.2 Å². The Balaban J connectivity index is 2.55. The summed E-state index contributed by atoms with van der Waals surface area (Å²) in [6.45, 7) is 4.20. The molecule has 2 N–H and O–H groups in total. The lowest BCUT2D eigenvalue weighted by molar-refractivity contribution is 0.0794. The van der Waals surface area contributed by atoms with Gasteiger partial charge in [-0.05, 0) is 19.9 Å². The van der Waals surface area contributed by atoms with Crippen LogP contribution in [0.5, 0.6) is 5.75 Å². The maximum atomic E-state index is 13.5. The number of rotatable bonds is 5. The zero-order chi connectivity index (χ0) is 12.2. The first-order valence-electron chi connectivity index (χ1n) is 5.18. The number of hydrogen-bond donors (Lipinski definition) is 2. The molecule has 0 bridgehead atoms. The molecular formula is C12H18FNO2. The van der Waals surface area contributed by atoms with E-state index in [9.17, 15) is 9.50 Å². The predicted octanol–water partition coefficient (Wildman–Crippen LogP) is 1.69. The van der Waals surface area contributed by atoms with Crippen LogP contribution < -0.4 is 10.1 Å². The van der Waals surface area contributed by atoms with Crippen molar-refractivity contribution in [2.75, 3.05) is 13.7 Å². The van der Waals surface area contributed by atoms with Crippen LogP contribution in [0.1, 0.15) is 19.4 Å². The van der Waals surface area contributed by atoms with E-state index < -0.39 is 5.60 Å². The van der Waals surface area contributed by atoms with Gasteiger partial charge in [-0.2, -0.15) is 0 Å². The van der Waals surface area contributed by atoms with Crippen LogP contribution in [-0.4, -0.2) is 24.4 Å². The fraction of sp³-hybridized carbons (Fsp3) is 0.500. The lowest BCUT2D eigenvalue weighted by atomic mass is 10.1. The van der Waals surface area contributed by atoms with E-state index in [4.69, 9.17) is 4.74 Å². The topological polar surface area (TPSA) is 41.5 Å². The minimum absolute atomic E-state index is 0.303. The Morgan fingerprint density at radius 3 is 2.62 bits per heavy atom. The van der Waals surface area contributed by atoms with E-state index in [0.29, 0.717) is 24.4 Å². The highest BCUT2D eigenvalue weighted by Crippen LogP contribution is 2.16. The summed E-state index contributed by atoms with van der Waals surface area (Å²) in [5.74, 6) is 0.200. The van der Waals surface area contributed by atoms with Gasteiger partial charge in [-0.1, -0.05) is 6.07 Å². The number of methoxy groups -OCH3 is 1. The molecule has 90 valence electrons. The van der Waals surface area contributed by atoms with Crippen molar-refractivity contribution in [1.29, 1.82) is 0 Å². The molecule has 0 amide bonds. The Bertz CT molecular complexity index is 347. The first-order valence-corrected chi connectivity index (χ1v) is 5.18. The third-order valence-corrected chi connectivity index (χ3v) is 2.13. The molecule has 0 radical (unpaired) electrons. The van der Waals surface area contributed by atoms with Crippen molar-refractivity contribution in [3.05, 3.63) is 29.6 Å². The normalized spacial score (nSPS) is 11.6. The van der Waals surface area contributed by atoms with Gasteiger partial charge in [-0.3, -0.25) is 0 Å². The van der Waals surface area contributed by atoms with Crippen LogP contribution in [0, 0.1) is 5.82 Å². The number of ether oxygens (including phenoxy) is 1. The van der Waals surface area contributed by atoms with Crippen molar-refractivity contribution < 1.29 is 14.2 Å².